The van der Waals surface area contributed by atoms with Crippen LogP contribution in [0.2, 0.25) is 0 Å². The number of anilines is 1. The fourth-order valence-corrected chi connectivity index (χ4v) is 2.69. The van der Waals surface area contributed by atoms with Crippen LogP contribution >= 0.6 is 0 Å². The predicted molar refractivity (Wildman–Crippen MR) is 91.9 cm³/mol. The Morgan fingerprint density at radius 2 is 1.71 bits per heavy atom. The second kappa shape index (κ2) is 6.08. The molecule has 0 radical (unpaired) electrons. The lowest BCUT2D eigenvalue weighted by Crippen LogP contribution is -2.29. The van der Waals surface area contributed by atoms with Gasteiger partial charge >= 0.3 is 0 Å². The first-order valence-electron chi connectivity index (χ1n) is 7.69. The third-order valence-corrected chi connectivity index (χ3v) is 3.84. The van der Waals surface area contributed by atoms with Crippen molar-refractivity contribution in [3.05, 3.63) is 90.6 Å². The Morgan fingerprint density at radius 1 is 0.917 bits per heavy atom. The molecule has 4 aromatic rings. The molecule has 2 aromatic heterocycles. The van der Waals surface area contributed by atoms with Crippen LogP contribution in [0.25, 0.3) is 11.0 Å². The minimum Gasteiger partial charge on any atom is -0.459 e. The Morgan fingerprint density at radius 3 is 2.46 bits per heavy atom. The molecule has 0 saturated carbocycles. The normalized spacial score (nSPS) is 10.8. The summed E-state index contributed by atoms with van der Waals surface area (Å²) in [5.74, 6) is 0.821. The van der Waals surface area contributed by atoms with Crippen molar-refractivity contribution in [2.24, 2.45) is 0 Å². The highest BCUT2D eigenvalue weighted by Gasteiger charge is 2.21. The van der Waals surface area contributed by atoms with Gasteiger partial charge < -0.3 is 8.83 Å². The van der Waals surface area contributed by atoms with E-state index in [1.165, 1.54) is 6.26 Å². The summed E-state index contributed by atoms with van der Waals surface area (Å²) in [6.45, 7) is 0.332. The molecule has 0 saturated heterocycles. The van der Waals surface area contributed by atoms with Crippen molar-refractivity contribution in [3.63, 3.8) is 0 Å². The summed E-state index contributed by atoms with van der Waals surface area (Å²) in [6.07, 6.45) is 1.50. The van der Waals surface area contributed by atoms with Crippen molar-refractivity contribution >= 4 is 22.6 Å². The number of para-hydroxylation sites is 2. The second-order valence-corrected chi connectivity index (χ2v) is 5.45. The van der Waals surface area contributed by atoms with Gasteiger partial charge in [-0.3, -0.25) is 9.69 Å². The highest BCUT2D eigenvalue weighted by atomic mass is 16.3. The van der Waals surface area contributed by atoms with Gasteiger partial charge in [0.15, 0.2) is 5.76 Å². The molecular formula is C20H15NO3. The first-order valence-corrected chi connectivity index (χ1v) is 7.69. The number of furan rings is 2. The molecule has 0 bridgehead atoms. The molecule has 4 heteroatoms. The first-order chi connectivity index (χ1) is 11.8. The third-order valence-electron chi connectivity index (χ3n) is 3.84. The molecular weight excluding hydrogens is 302 g/mol. The van der Waals surface area contributed by atoms with Crippen LogP contribution in [0.3, 0.4) is 0 Å². The zero-order chi connectivity index (χ0) is 16.4. The molecule has 0 spiro atoms. The van der Waals surface area contributed by atoms with Gasteiger partial charge in [-0.25, -0.2) is 0 Å². The Balaban J connectivity index is 1.71. The van der Waals surface area contributed by atoms with Crippen LogP contribution in [-0.4, -0.2) is 5.91 Å². The fraction of sp³-hybridized carbons (Fsp3) is 0.0500. The molecule has 0 aliphatic carbocycles. The molecule has 0 fully saturated rings. The van der Waals surface area contributed by atoms with E-state index in [4.69, 9.17) is 8.83 Å². The number of carbonyl (C=O) groups is 1. The maximum atomic E-state index is 12.8. The van der Waals surface area contributed by atoms with E-state index >= 15 is 0 Å². The number of nitrogens with zero attached hydrogens (tertiary/aromatic N) is 1. The average molecular weight is 317 g/mol. The number of rotatable bonds is 4. The highest BCUT2D eigenvalue weighted by molar-refractivity contribution is 6.04. The Labute approximate surface area is 138 Å². The van der Waals surface area contributed by atoms with Crippen molar-refractivity contribution in [2.75, 3.05) is 4.90 Å². The van der Waals surface area contributed by atoms with E-state index in [1.54, 1.807) is 17.0 Å². The van der Waals surface area contributed by atoms with Crippen molar-refractivity contribution in [3.8, 4) is 0 Å². The molecule has 0 aliphatic rings. The summed E-state index contributed by atoms with van der Waals surface area (Å²) in [7, 11) is 0. The topological polar surface area (TPSA) is 46.6 Å². The van der Waals surface area contributed by atoms with Crippen LogP contribution in [0, 0.1) is 0 Å². The Bertz CT molecular complexity index is 922. The van der Waals surface area contributed by atoms with Crippen molar-refractivity contribution in [2.45, 2.75) is 6.54 Å². The van der Waals surface area contributed by atoms with E-state index in [0.29, 0.717) is 12.3 Å². The van der Waals surface area contributed by atoms with Crippen LogP contribution in [-0.2, 0) is 6.54 Å². The van der Waals surface area contributed by atoms with Gasteiger partial charge in [0.05, 0.1) is 12.8 Å². The highest BCUT2D eigenvalue weighted by Crippen LogP contribution is 2.24. The van der Waals surface area contributed by atoms with Crippen molar-refractivity contribution in [1.82, 2.24) is 0 Å². The summed E-state index contributed by atoms with van der Waals surface area (Å²) in [6, 6.07) is 22.6. The lowest BCUT2D eigenvalue weighted by Gasteiger charge is -2.20. The molecule has 4 nitrogen and oxygen atoms in total. The van der Waals surface area contributed by atoms with E-state index in [-0.39, 0.29) is 5.91 Å². The van der Waals surface area contributed by atoms with E-state index in [1.807, 2.05) is 60.7 Å². The van der Waals surface area contributed by atoms with Gasteiger partial charge in [-0.1, -0.05) is 36.4 Å². The largest absolute Gasteiger partial charge is 0.459 e. The molecule has 0 unspecified atom stereocenters. The number of amides is 1. The maximum absolute atomic E-state index is 12.8. The minimum absolute atomic E-state index is 0.202. The van der Waals surface area contributed by atoms with E-state index < -0.39 is 0 Å². The van der Waals surface area contributed by atoms with Gasteiger partial charge in [0, 0.05) is 11.1 Å². The van der Waals surface area contributed by atoms with Gasteiger partial charge in [0.25, 0.3) is 5.91 Å². The van der Waals surface area contributed by atoms with Crippen LogP contribution in [0.4, 0.5) is 5.69 Å². The molecule has 0 aliphatic heterocycles. The zero-order valence-corrected chi connectivity index (χ0v) is 12.9. The van der Waals surface area contributed by atoms with Crippen LogP contribution < -0.4 is 4.90 Å². The van der Waals surface area contributed by atoms with E-state index in [2.05, 4.69) is 0 Å². The number of benzene rings is 2. The molecule has 1 amide bonds. The molecule has 0 N–H and O–H groups in total. The molecule has 2 aromatic carbocycles. The first kappa shape index (κ1) is 14.3. The summed E-state index contributed by atoms with van der Waals surface area (Å²) in [5, 5.41) is 1.02. The van der Waals surface area contributed by atoms with Crippen LogP contribution in [0.1, 0.15) is 16.3 Å². The maximum Gasteiger partial charge on any atom is 0.294 e. The number of carbonyl (C=O) groups excluding carboxylic acids is 1. The van der Waals surface area contributed by atoms with Crippen LogP contribution in [0.15, 0.2) is 87.9 Å². The van der Waals surface area contributed by atoms with E-state index in [0.717, 1.165) is 22.4 Å². The summed E-state index contributed by atoms with van der Waals surface area (Å²) in [5.41, 5.74) is 1.60. The molecule has 2 heterocycles. The summed E-state index contributed by atoms with van der Waals surface area (Å²) < 4.78 is 11.1. The predicted octanol–water partition coefficient (Wildman–Crippen LogP) is 4.87. The standard InChI is InChI=1S/C20H15NO3/c22-20(19-11-6-12-23-19)21(16-8-2-1-3-9-16)14-17-13-15-7-4-5-10-18(15)24-17/h1-13H,14H2. The molecule has 118 valence electrons. The number of hydrogen-bond donors (Lipinski definition) is 0. The van der Waals surface area contributed by atoms with Crippen LogP contribution in [0.5, 0.6) is 0 Å². The van der Waals surface area contributed by atoms with Gasteiger partial charge in [0.1, 0.15) is 11.3 Å². The molecule has 24 heavy (non-hydrogen) atoms. The van der Waals surface area contributed by atoms with Crippen molar-refractivity contribution < 1.29 is 13.6 Å². The average Bonchev–Trinajstić information content (AvgIpc) is 3.29. The minimum atomic E-state index is -0.202. The Kier molecular flexibility index (Phi) is 3.63. The van der Waals surface area contributed by atoms with E-state index in [9.17, 15) is 4.79 Å². The SMILES string of the molecule is O=C(c1ccco1)N(Cc1cc2ccccc2o1)c1ccccc1. The molecule has 0 atom stereocenters. The Hall–Kier alpha value is -3.27. The van der Waals surface area contributed by atoms with Gasteiger partial charge in [-0.15, -0.1) is 0 Å². The molecule has 4 rings (SSSR count). The smallest absolute Gasteiger partial charge is 0.294 e. The van der Waals surface area contributed by atoms with Crippen molar-refractivity contribution in [1.29, 1.82) is 0 Å². The number of hydrogen-bond acceptors (Lipinski definition) is 3. The fourth-order valence-electron chi connectivity index (χ4n) is 2.69. The van der Waals surface area contributed by atoms with Gasteiger partial charge in [-0.05, 0) is 36.4 Å². The zero-order valence-electron chi connectivity index (χ0n) is 12.9. The second-order valence-electron chi connectivity index (χ2n) is 5.45. The summed E-state index contributed by atoms with van der Waals surface area (Å²) >= 11 is 0. The quantitative estimate of drug-likeness (QED) is 0.539. The number of fused-ring (bicyclic) bond motifs is 1. The summed E-state index contributed by atoms with van der Waals surface area (Å²) in [4.78, 5) is 14.5. The lowest BCUT2D eigenvalue weighted by atomic mass is 10.2. The lowest BCUT2D eigenvalue weighted by molar-refractivity contribution is 0.0956. The monoisotopic (exact) mass is 317 g/mol. The van der Waals surface area contributed by atoms with Gasteiger partial charge in [0.2, 0.25) is 0 Å². The third kappa shape index (κ3) is 2.70. The van der Waals surface area contributed by atoms with Gasteiger partial charge in [-0.2, -0.15) is 0 Å².